The molecule has 0 radical (unpaired) electrons. The third-order valence-electron chi connectivity index (χ3n) is 4.20. The number of aromatic nitrogens is 3. The van der Waals surface area contributed by atoms with Gasteiger partial charge in [-0.3, -0.25) is 14.6 Å². The minimum absolute atomic E-state index is 0.0186. The van der Waals surface area contributed by atoms with Crippen LogP contribution in [-0.4, -0.2) is 46.9 Å². The van der Waals surface area contributed by atoms with Crippen LogP contribution in [0.5, 0.6) is 0 Å². The van der Waals surface area contributed by atoms with Gasteiger partial charge in [-0.05, 0) is 32.0 Å². The van der Waals surface area contributed by atoms with E-state index >= 15 is 0 Å². The monoisotopic (exact) mass is 349 g/mol. The highest BCUT2D eigenvalue weighted by molar-refractivity contribution is 7.89. The number of nitrogens with one attached hydrogen (secondary N) is 1. The van der Waals surface area contributed by atoms with Crippen LogP contribution in [0.2, 0.25) is 0 Å². The van der Waals surface area contributed by atoms with Crippen molar-refractivity contribution in [3.05, 3.63) is 47.5 Å². The van der Waals surface area contributed by atoms with Gasteiger partial charge in [0.05, 0.1) is 23.2 Å². The first kappa shape index (κ1) is 17.1. The van der Waals surface area contributed by atoms with E-state index in [1.54, 1.807) is 13.1 Å². The van der Waals surface area contributed by atoms with Gasteiger partial charge in [0.15, 0.2) is 0 Å². The highest BCUT2D eigenvalue weighted by Gasteiger charge is 2.26. The average molecular weight is 349 g/mol. The molecule has 130 valence electrons. The number of pyridine rings is 1. The fourth-order valence-corrected chi connectivity index (χ4v) is 3.63. The second-order valence-electron chi connectivity index (χ2n) is 6.11. The summed E-state index contributed by atoms with van der Waals surface area (Å²) in [7, 11) is -3.21. The molecule has 0 saturated heterocycles. The summed E-state index contributed by atoms with van der Waals surface area (Å²) in [6, 6.07) is 7.98. The Labute approximate surface area is 142 Å². The first-order valence-corrected chi connectivity index (χ1v) is 9.76. The van der Waals surface area contributed by atoms with E-state index in [-0.39, 0.29) is 11.8 Å². The first-order valence-electron chi connectivity index (χ1n) is 8.11. The zero-order valence-corrected chi connectivity index (χ0v) is 14.8. The Morgan fingerprint density at radius 1 is 1.33 bits per heavy atom. The van der Waals surface area contributed by atoms with Crippen molar-refractivity contribution in [1.82, 2.24) is 24.4 Å². The largest absolute Gasteiger partial charge is 0.290 e. The maximum Gasteiger partial charge on any atom is 0.211 e. The van der Waals surface area contributed by atoms with Crippen molar-refractivity contribution >= 4 is 10.0 Å². The Morgan fingerprint density at radius 3 is 2.92 bits per heavy atom. The predicted octanol–water partition coefficient (Wildman–Crippen LogP) is 1.08. The number of sulfonamides is 1. The number of hydrogen-bond donors (Lipinski definition) is 1. The molecule has 1 unspecified atom stereocenters. The summed E-state index contributed by atoms with van der Waals surface area (Å²) in [6.07, 6.45) is 1.77. The van der Waals surface area contributed by atoms with E-state index in [0.29, 0.717) is 6.54 Å². The Kier molecular flexibility index (Phi) is 4.98. The van der Waals surface area contributed by atoms with Crippen molar-refractivity contribution in [3.63, 3.8) is 0 Å². The van der Waals surface area contributed by atoms with Crippen molar-refractivity contribution in [3.8, 4) is 0 Å². The van der Waals surface area contributed by atoms with Gasteiger partial charge in [-0.1, -0.05) is 6.07 Å². The maximum absolute atomic E-state index is 11.7. The molecule has 8 heteroatoms. The number of aryl methyl sites for hydroxylation is 1. The molecule has 0 bridgehead atoms. The SMILES string of the molecule is CCS(=O)(=O)NCC1CN(Cc2cccc(C)n2)Cc2ccnn21. The van der Waals surface area contributed by atoms with E-state index in [4.69, 9.17) is 0 Å². The number of hydrogen-bond acceptors (Lipinski definition) is 5. The highest BCUT2D eigenvalue weighted by Crippen LogP contribution is 2.21. The lowest BCUT2D eigenvalue weighted by Crippen LogP contribution is -2.43. The molecular formula is C16H23N5O2S. The molecule has 3 rings (SSSR count). The minimum Gasteiger partial charge on any atom is -0.290 e. The number of nitrogens with zero attached hydrogens (tertiary/aromatic N) is 4. The van der Waals surface area contributed by atoms with E-state index in [9.17, 15) is 8.42 Å². The van der Waals surface area contributed by atoms with Crippen LogP contribution in [0.1, 0.15) is 30.0 Å². The second-order valence-corrected chi connectivity index (χ2v) is 8.21. The van der Waals surface area contributed by atoms with Crippen LogP contribution in [-0.2, 0) is 23.1 Å². The molecule has 3 heterocycles. The third-order valence-corrected chi connectivity index (χ3v) is 5.57. The van der Waals surface area contributed by atoms with Crippen LogP contribution >= 0.6 is 0 Å². The summed E-state index contributed by atoms with van der Waals surface area (Å²) < 4.78 is 28.1. The van der Waals surface area contributed by atoms with Gasteiger partial charge in [-0.15, -0.1) is 0 Å². The van der Waals surface area contributed by atoms with Gasteiger partial charge < -0.3 is 0 Å². The summed E-state index contributed by atoms with van der Waals surface area (Å²) in [5, 5.41) is 4.36. The Hall–Kier alpha value is -1.77. The lowest BCUT2D eigenvalue weighted by Gasteiger charge is -2.33. The molecule has 1 aliphatic heterocycles. The second kappa shape index (κ2) is 7.00. The quantitative estimate of drug-likeness (QED) is 0.844. The van der Waals surface area contributed by atoms with Crippen LogP contribution in [0.15, 0.2) is 30.5 Å². The summed E-state index contributed by atoms with van der Waals surface area (Å²) in [5.41, 5.74) is 3.12. The lowest BCUT2D eigenvalue weighted by molar-refractivity contribution is 0.166. The van der Waals surface area contributed by atoms with Gasteiger partial charge in [0.25, 0.3) is 0 Å². The summed E-state index contributed by atoms with van der Waals surface area (Å²) in [4.78, 5) is 6.84. The van der Waals surface area contributed by atoms with Crippen LogP contribution in [0, 0.1) is 6.92 Å². The maximum atomic E-state index is 11.7. The Morgan fingerprint density at radius 2 is 2.17 bits per heavy atom. The van der Waals surface area contributed by atoms with Gasteiger partial charge in [-0.25, -0.2) is 13.1 Å². The normalized spacial score (nSPS) is 18.5. The number of rotatable bonds is 6. The summed E-state index contributed by atoms with van der Waals surface area (Å²) >= 11 is 0. The molecule has 0 aromatic carbocycles. The predicted molar refractivity (Wildman–Crippen MR) is 91.8 cm³/mol. The van der Waals surface area contributed by atoms with Crippen molar-refractivity contribution in [2.24, 2.45) is 0 Å². The fourth-order valence-electron chi connectivity index (χ4n) is 2.98. The van der Waals surface area contributed by atoms with Gasteiger partial charge in [-0.2, -0.15) is 5.10 Å². The molecule has 0 fully saturated rings. The smallest absolute Gasteiger partial charge is 0.211 e. The zero-order valence-electron chi connectivity index (χ0n) is 14.0. The average Bonchev–Trinajstić information content (AvgIpc) is 3.01. The molecule has 0 spiro atoms. The van der Waals surface area contributed by atoms with Crippen LogP contribution < -0.4 is 4.72 Å². The first-order chi connectivity index (χ1) is 11.5. The van der Waals surface area contributed by atoms with Crippen LogP contribution in [0.3, 0.4) is 0 Å². The molecule has 0 aliphatic carbocycles. The van der Waals surface area contributed by atoms with Crippen molar-refractivity contribution in [1.29, 1.82) is 0 Å². The molecule has 2 aromatic rings. The molecule has 7 nitrogen and oxygen atoms in total. The molecule has 1 aliphatic rings. The van der Waals surface area contributed by atoms with E-state index in [0.717, 1.165) is 36.7 Å². The minimum atomic E-state index is -3.21. The topological polar surface area (TPSA) is 80.1 Å². The summed E-state index contributed by atoms with van der Waals surface area (Å²) in [6.45, 7) is 6.23. The van der Waals surface area contributed by atoms with Crippen LogP contribution in [0.25, 0.3) is 0 Å². The molecular weight excluding hydrogens is 326 g/mol. The van der Waals surface area contributed by atoms with Crippen molar-refractivity contribution < 1.29 is 8.42 Å². The molecule has 1 N–H and O–H groups in total. The van der Waals surface area contributed by atoms with E-state index in [2.05, 4.69) is 19.7 Å². The van der Waals surface area contributed by atoms with E-state index in [1.165, 1.54) is 0 Å². The molecule has 0 amide bonds. The van der Waals surface area contributed by atoms with Crippen molar-refractivity contribution in [2.75, 3.05) is 18.8 Å². The fraction of sp³-hybridized carbons (Fsp3) is 0.500. The van der Waals surface area contributed by atoms with Gasteiger partial charge in [0.1, 0.15) is 0 Å². The third kappa shape index (κ3) is 4.00. The Balaban J connectivity index is 1.73. The highest BCUT2D eigenvalue weighted by atomic mass is 32.2. The zero-order chi connectivity index (χ0) is 17.2. The van der Waals surface area contributed by atoms with Gasteiger partial charge >= 0.3 is 0 Å². The standard InChI is InChI=1S/C16H23N5O2S/c1-3-24(22,23)18-9-16-12-20(11-15-7-8-17-21(15)16)10-14-6-4-5-13(2)19-14/h4-8,16,18H,3,9-12H2,1-2H3. The Bertz CT molecular complexity index is 802. The molecule has 2 aromatic heterocycles. The van der Waals surface area contributed by atoms with Gasteiger partial charge in [0.2, 0.25) is 10.0 Å². The van der Waals surface area contributed by atoms with E-state index in [1.807, 2.05) is 35.9 Å². The number of fused-ring (bicyclic) bond motifs is 1. The molecule has 24 heavy (non-hydrogen) atoms. The van der Waals surface area contributed by atoms with Crippen LogP contribution in [0.4, 0.5) is 0 Å². The van der Waals surface area contributed by atoms with Crippen molar-refractivity contribution in [2.45, 2.75) is 33.0 Å². The molecule has 1 atom stereocenters. The summed E-state index contributed by atoms with van der Waals surface area (Å²) in [5.74, 6) is 0.0859. The lowest BCUT2D eigenvalue weighted by atomic mass is 10.2. The molecule has 0 saturated carbocycles. The van der Waals surface area contributed by atoms with Gasteiger partial charge in [0, 0.05) is 38.1 Å². The van der Waals surface area contributed by atoms with E-state index < -0.39 is 10.0 Å².